The van der Waals surface area contributed by atoms with Gasteiger partial charge in [0, 0.05) is 17.8 Å². The zero-order valence-electron chi connectivity index (χ0n) is 10.2. The van der Waals surface area contributed by atoms with Crippen molar-refractivity contribution < 1.29 is 5.11 Å². The van der Waals surface area contributed by atoms with Gasteiger partial charge in [0.2, 0.25) is 0 Å². The van der Waals surface area contributed by atoms with Crippen LogP contribution in [0.3, 0.4) is 0 Å². The quantitative estimate of drug-likeness (QED) is 0.382. The average molecular weight is 254 g/mol. The highest BCUT2D eigenvalue weighted by Crippen LogP contribution is 2.14. The van der Waals surface area contributed by atoms with E-state index in [9.17, 15) is 5.11 Å². The molecule has 0 heterocycles. The molecule has 0 spiro atoms. The summed E-state index contributed by atoms with van der Waals surface area (Å²) < 4.78 is 0. The molecule has 19 heavy (non-hydrogen) atoms. The minimum absolute atomic E-state index is 0.0508. The second kappa shape index (κ2) is 5.77. The molecule has 0 bridgehead atoms. The molecule has 0 aliphatic heterocycles. The standard InChI is InChI=1S/C14H14N4O/c15-14(18-16)11-3-5-12(6-4-11)17-9-10-1-7-13(19)8-2-10/h1-8,15-17,19H,9H2. The van der Waals surface area contributed by atoms with Crippen molar-refractivity contribution in [3.63, 3.8) is 0 Å². The van der Waals surface area contributed by atoms with Crippen LogP contribution in [0.2, 0.25) is 0 Å². The first kappa shape index (κ1) is 12.8. The van der Waals surface area contributed by atoms with Crippen LogP contribution in [0.1, 0.15) is 11.1 Å². The molecular formula is C14H14N4O. The maximum absolute atomic E-state index is 9.18. The van der Waals surface area contributed by atoms with Crippen LogP contribution in [0.15, 0.2) is 53.6 Å². The molecule has 0 amide bonds. The molecule has 0 fully saturated rings. The van der Waals surface area contributed by atoms with E-state index in [0.29, 0.717) is 12.1 Å². The summed E-state index contributed by atoms with van der Waals surface area (Å²) in [6.45, 7) is 0.653. The molecule has 2 aromatic rings. The highest BCUT2D eigenvalue weighted by atomic mass is 16.3. The summed E-state index contributed by atoms with van der Waals surface area (Å²) in [6.07, 6.45) is 0. The Labute approximate surface area is 110 Å². The summed E-state index contributed by atoms with van der Waals surface area (Å²) >= 11 is 0. The second-order valence-electron chi connectivity index (χ2n) is 4.06. The van der Waals surface area contributed by atoms with Crippen molar-refractivity contribution in [2.75, 3.05) is 5.32 Å². The molecule has 0 aliphatic carbocycles. The molecule has 4 N–H and O–H groups in total. The second-order valence-corrected chi connectivity index (χ2v) is 4.06. The van der Waals surface area contributed by atoms with Gasteiger partial charge in [-0.15, -0.1) is 5.11 Å². The molecule has 0 saturated heterocycles. The maximum atomic E-state index is 9.18. The minimum Gasteiger partial charge on any atom is -0.508 e. The third-order valence-corrected chi connectivity index (χ3v) is 2.70. The van der Waals surface area contributed by atoms with Crippen LogP contribution in [0.5, 0.6) is 5.75 Å². The van der Waals surface area contributed by atoms with Crippen LogP contribution in [-0.4, -0.2) is 10.9 Å². The van der Waals surface area contributed by atoms with Crippen molar-refractivity contribution in [1.82, 2.24) is 0 Å². The Morgan fingerprint density at radius 3 is 2.26 bits per heavy atom. The topological polar surface area (TPSA) is 92.3 Å². The molecule has 2 aromatic carbocycles. The van der Waals surface area contributed by atoms with Crippen molar-refractivity contribution in [1.29, 1.82) is 10.9 Å². The lowest BCUT2D eigenvalue weighted by Crippen LogP contribution is -2.00. The summed E-state index contributed by atoms with van der Waals surface area (Å²) in [6, 6.07) is 14.2. The van der Waals surface area contributed by atoms with Gasteiger partial charge in [-0.3, -0.25) is 5.41 Å². The Bertz CT molecular complexity index is 575. The van der Waals surface area contributed by atoms with Gasteiger partial charge in [0.25, 0.3) is 0 Å². The van der Waals surface area contributed by atoms with E-state index in [4.69, 9.17) is 10.9 Å². The molecule has 0 atom stereocenters. The van der Waals surface area contributed by atoms with Gasteiger partial charge >= 0.3 is 0 Å². The number of nitrogens with zero attached hydrogens (tertiary/aromatic N) is 1. The SMILES string of the molecule is N=NC(=N)c1ccc(NCc2ccc(O)cc2)cc1. The number of nitrogens with one attached hydrogen (secondary N) is 3. The van der Waals surface area contributed by atoms with Gasteiger partial charge in [-0.05, 0) is 42.0 Å². The predicted octanol–water partition coefficient (Wildman–Crippen LogP) is 3.36. The first-order valence-corrected chi connectivity index (χ1v) is 5.77. The third kappa shape index (κ3) is 3.38. The number of anilines is 1. The lowest BCUT2D eigenvalue weighted by atomic mass is 10.2. The van der Waals surface area contributed by atoms with Crippen molar-refractivity contribution in [3.8, 4) is 5.75 Å². The lowest BCUT2D eigenvalue weighted by molar-refractivity contribution is 0.475. The van der Waals surface area contributed by atoms with Crippen LogP contribution >= 0.6 is 0 Å². The van der Waals surface area contributed by atoms with E-state index in [-0.39, 0.29) is 11.6 Å². The van der Waals surface area contributed by atoms with E-state index in [1.165, 1.54) is 0 Å². The molecule has 5 heteroatoms. The Morgan fingerprint density at radius 1 is 1.05 bits per heavy atom. The average Bonchev–Trinajstić information content (AvgIpc) is 2.46. The van der Waals surface area contributed by atoms with E-state index in [1.54, 1.807) is 24.3 Å². The Morgan fingerprint density at radius 2 is 1.68 bits per heavy atom. The predicted molar refractivity (Wildman–Crippen MR) is 73.9 cm³/mol. The summed E-state index contributed by atoms with van der Waals surface area (Å²) in [5, 5.41) is 22.9. The molecular weight excluding hydrogens is 240 g/mol. The largest absolute Gasteiger partial charge is 0.508 e. The molecule has 0 aromatic heterocycles. The van der Waals surface area contributed by atoms with Gasteiger partial charge < -0.3 is 10.4 Å². The van der Waals surface area contributed by atoms with E-state index < -0.39 is 0 Å². The van der Waals surface area contributed by atoms with Crippen LogP contribution in [-0.2, 0) is 6.54 Å². The van der Waals surface area contributed by atoms with Crippen LogP contribution < -0.4 is 5.32 Å². The zero-order chi connectivity index (χ0) is 13.7. The first-order valence-electron chi connectivity index (χ1n) is 5.77. The fourth-order valence-corrected chi connectivity index (χ4v) is 1.63. The normalized spacial score (nSPS) is 9.89. The van der Waals surface area contributed by atoms with Crippen LogP contribution in [0.4, 0.5) is 5.69 Å². The van der Waals surface area contributed by atoms with Crippen molar-refractivity contribution in [2.45, 2.75) is 6.54 Å². The summed E-state index contributed by atoms with van der Waals surface area (Å²) in [7, 11) is 0. The molecule has 5 nitrogen and oxygen atoms in total. The van der Waals surface area contributed by atoms with E-state index in [0.717, 1.165) is 11.3 Å². The molecule has 96 valence electrons. The fourth-order valence-electron chi connectivity index (χ4n) is 1.63. The summed E-state index contributed by atoms with van der Waals surface area (Å²) in [5.74, 6) is 0.204. The maximum Gasteiger partial charge on any atom is 0.173 e. The number of phenolic OH excluding ortho intramolecular Hbond substituents is 1. The number of hydrogen-bond donors (Lipinski definition) is 4. The smallest absolute Gasteiger partial charge is 0.173 e. The molecule has 2 rings (SSSR count). The van der Waals surface area contributed by atoms with Gasteiger partial charge in [-0.1, -0.05) is 12.1 Å². The Kier molecular flexibility index (Phi) is 3.87. The molecule has 0 saturated carbocycles. The van der Waals surface area contributed by atoms with E-state index in [2.05, 4.69) is 10.4 Å². The fraction of sp³-hybridized carbons (Fsp3) is 0.0714. The zero-order valence-corrected chi connectivity index (χ0v) is 10.2. The third-order valence-electron chi connectivity index (χ3n) is 2.70. The monoisotopic (exact) mass is 254 g/mol. The Balaban J connectivity index is 1.98. The van der Waals surface area contributed by atoms with Crippen molar-refractivity contribution in [3.05, 3.63) is 59.7 Å². The van der Waals surface area contributed by atoms with Crippen molar-refractivity contribution in [2.24, 2.45) is 5.11 Å². The first-order chi connectivity index (χ1) is 9.19. The van der Waals surface area contributed by atoms with Crippen LogP contribution in [0.25, 0.3) is 0 Å². The van der Waals surface area contributed by atoms with Gasteiger partial charge in [0.15, 0.2) is 5.84 Å². The van der Waals surface area contributed by atoms with Gasteiger partial charge in [-0.25, -0.2) is 5.53 Å². The van der Waals surface area contributed by atoms with E-state index >= 15 is 0 Å². The minimum atomic E-state index is -0.0508. The van der Waals surface area contributed by atoms with Gasteiger partial charge in [0.1, 0.15) is 5.75 Å². The summed E-state index contributed by atoms with van der Waals surface area (Å²) in [4.78, 5) is 0. The molecule has 0 radical (unpaired) electrons. The Hall–Kier alpha value is -2.69. The number of rotatable bonds is 4. The van der Waals surface area contributed by atoms with Crippen LogP contribution in [0, 0.1) is 10.9 Å². The molecule has 0 aliphatic rings. The number of benzene rings is 2. The highest BCUT2D eigenvalue weighted by Gasteiger charge is 1.99. The number of amidine groups is 1. The highest BCUT2D eigenvalue weighted by molar-refractivity contribution is 5.96. The molecule has 0 unspecified atom stereocenters. The van der Waals surface area contributed by atoms with E-state index in [1.807, 2.05) is 24.3 Å². The van der Waals surface area contributed by atoms with Gasteiger partial charge in [0.05, 0.1) is 0 Å². The number of hydrogen-bond acceptors (Lipinski definition) is 4. The summed E-state index contributed by atoms with van der Waals surface area (Å²) in [5.41, 5.74) is 9.38. The number of aromatic hydroxyl groups is 1. The van der Waals surface area contributed by atoms with Crippen molar-refractivity contribution >= 4 is 11.5 Å². The lowest BCUT2D eigenvalue weighted by Gasteiger charge is -2.07. The van der Waals surface area contributed by atoms with Gasteiger partial charge in [-0.2, -0.15) is 0 Å². The number of phenols is 1.